The van der Waals surface area contributed by atoms with E-state index < -0.39 is 36.0 Å². The second-order valence-electron chi connectivity index (χ2n) is 9.49. The van der Waals surface area contributed by atoms with E-state index in [4.69, 9.17) is 14.0 Å². The zero-order valence-electron chi connectivity index (χ0n) is 17.6. The molecule has 1 N–H and O–H groups in total. The lowest BCUT2D eigenvalue weighted by Gasteiger charge is -2.32. The van der Waals surface area contributed by atoms with E-state index in [2.05, 4.69) is 0 Å². The molecular formula is C20H29BFNO5. The van der Waals surface area contributed by atoms with Crippen LogP contribution in [0.2, 0.25) is 0 Å². The predicted octanol–water partition coefficient (Wildman–Crippen LogP) is 2.21. The van der Waals surface area contributed by atoms with E-state index in [1.165, 1.54) is 11.0 Å². The van der Waals surface area contributed by atoms with Crippen molar-refractivity contribution in [1.82, 2.24) is 4.90 Å². The molecule has 1 amide bonds. The molecule has 1 aromatic carbocycles. The number of nitrogens with zero attached hydrogens (tertiary/aromatic N) is 1. The Balaban J connectivity index is 1.80. The third-order valence-corrected chi connectivity index (χ3v) is 5.48. The summed E-state index contributed by atoms with van der Waals surface area (Å²) in [5.74, 6) is -0.826. The molecule has 1 fully saturated rings. The SMILES string of the molecule is CC(C)(C)OC(O)CN1Cc2c(F)cc(B3OC(C)(C)C(C)(C)O3)cc2C1=O. The van der Waals surface area contributed by atoms with Crippen LogP contribution in [0.1, 0.15) is 64.4 Å². The van der Waals surface area contributed by atoms with Crippen molar-refractivity contribution in [2.45, 2.75) is 78.1 Å². The topological polar surface area (TPSA) is 68.2 Å². The Bertz CT molecular complexity index is 774. The lowest BCUT2D eigenvalue weighted by Crippen LogP contribution is -2.41. The van der Waals surface area contributed by atoms with Gasteiger partial charge in [0.15, 0.2) is 6.29 Å². The van der Waals surface area contributed by atoms with Gasteiger partial charge in [-0.25, -0.2) is 4.39 Å². The molecule has 1 atom stereocenters. The van der Waals surface area contributed by atoms with Gasteiger partial charge in [0, 0.05) is 17.7 Å². The minimum Gasteiger partial charge on any atom is -0.399 e. The van der Waals surface area contributed by atoms with Crippen LogP contribution >= 0.6 is 0 Å². The summed E-state index contributed by atoms with van der Waals surface area (Å²) < 4.78 is 32.2. The second kappa shape index (κ2) is 6.80. The molecule has 0 radical (unpaired) electrons. The molecule has 154 valence electrons. The quantitative estimate of drug-likeness (QED) is 0.628. The Labute approximate surface area is 166 Å². The lowest BCUT2D eigenvalue weighted by molar-refractivity contribution is -0.171. The Morgan fingerprint density at radius 3 is 2.36 bits per heavy atom. The number of rotatable bonds is 4. The third kappa shape index (κ3) is 3.96. The van der Waals surface area contributed by atoms with E-state index in [1.807, 2.05) is 48.5 Å². The van der Waals surface area contributed by atoms with Gasteiger partial charge < -0.3 is 24.1 Å². The number of halogens is 1. The minimum atomic E-state index is -1.15. The smallest absolute Gasteiger partial charge is 0.399 e. The number of hydrogen-bond donors (Lipinski definition) is 1. The first-order valence-electron chi connectivity index (χ1n) is 9.53. The van der Waals surface area contributed by atoms with E-state index in [1.54, 1.807) is 6.07 Å². The summed E-state index contributed by atoms with van der Waals surface area (Å²) in [4.78, 5) is 14.2. The summed E-state index contributed by atoms with van der Waals surface area (Å²) in [6.45, 7) is 13.2. The van der Waals surface area contributed by atoms with Crippen LogP contribution in [0, 0.1) is 5.82 Å². The van der Waals surface area contributed by atoms with Gasteiger partial charge in [-0.1, -0.05) is 0 Å². The van der Waals surface area contributed by atoms with Crippen molar-refractivity contribution >= 4 is 18.5 Å². The molecule has 8 heteroatoms. The van der Waals surface area contributed by atoms with Crippen molar-refractivity contribution in [2.24, 2.45) is 0 Å². The highest BCUT2D eigenvalue weighted by molar-refractivity contribution is 6.62. The molecule has 28 heavy (non-hydrogen) atoms. The van der Waals surface area contributed by atoms with Gasteiger partial charge in [-0.2, -0.15) is 0 Å². The summed E-state index contributed by atoms with van der Waals surface area (Å²) in [5, 5.41) is 10.1. The van der Waals surface area contributed by atoms with Gasteiger partial charge in [-0.15, -0.1) is 0 Å². The Morgan fingerprint density at radius 1 is 1.25 bits per heavy atom. The van der Waals surface area contributed by atoms with Gasteiger partial charge in [-0.05, 0) is 66.1 Å². The first-order chi connectivity index (χ1) is 12.7. The number of ether oxygens (including phenoxy) is 1. The van der Waals surface area contributed by atoms with Crippen LogP contribution in [0.25, 0.3) is 0 Å². The number of amides is 1. The first kappa shape index (κ1) is 21.2. The van der Waals surface area contributed by atoms with Crippen LogP contribution in [0.3, 0.4) is 0 Å². The monoisotopic (exact) mass is 393 g/mol. The van der Waals surface area contributed by atoms with Crippen LogP contribution in [0.15, 0.2) is 12.1 Å². The fourth-order valence-electron chi connectivity index (χ4n) is 3.34. The standard InChI is InChI=1S/C20H29BFNO5/c1-18(2,3)26-16(24)11-23-10-14-13(17(23)25)8-12(9-15(14)22)21-27-19(4,5)20(6,7)28-21/h8-9,16,24H,10-11H2,1-7H3. The molecule has 0 aliphatic carbocycles. The van der Waals surface area contributed by atoms with E-state index in [-0.39, 0.29) is 24.6 Å². The highest BCUT2D eigenvalue weighted by Gasteiger charge is 2.52. The average molecular weight is 393 g/mol. The van der Waals surface area contributed by atoms with Crippen molar-refractivity contribution in [2.75, 3.05) is 6.54 Å². The highest BCUT2D eigenvalue weighted by atomic mass is 19.1. The maximum absolute atomic E-state index is 14.8. The molecule has 0 saturated carbocycles. The van der Waals surface area contributed by atoms with Gasteiger partial charge in [0.05, 0.1) is 23.3 Å². The fraction of sp³-hybridized carbons (Fsp3) is 0.650. The number of aliphatic hydroxyl groups excluding tert-OH is 1. The number of fused-ring (bicyclic) bond motifs is 1. The average Bonchev–Trinajstić information content (AvgIpc) is 2.92. The van der Waals surface area contributed by atoms with Gasteiger partial charge in [0.1, 0.15) is 5.82 Å². The van der Waals surface area contributed by atoms with Crippen LogP contribution in [0.4, 0.5) is 4.39 Å². The third-order valence-electron chi connectivity index (χ3n) is 5.48. The molecule has 6 nitrogen and oxygen atoms in total. The van der Waals surface area contributed by atoms with Gasteiger partial charge in [-0.3, -0.25) is 4.79 Å². The predicted molar refractivity (Wildman–Crippen MR) is 104 cm³/mol. The molecule has 3 rings (SSSR count). The maximum atomic E-state index is 14.8. The largest absolute Gasteiger partial charge is 0.494 e. The zero-order chi connectivity index (χ0) is 21.1. The molecule has 2 aliphatic rings. The lowest BCUT2D eigenvalue weighted by atomic mass is 9.77. The van der Waals surface area contributed by atoms with Crippen molar-refractivity contribution in [3.8, 4) is 0 Å². The molecule has 0 bridgehead atoms. The number of carbonyl (C=O) groups is 1. The summed E-state index contributed by atoms with van der Waals surface area (Å²) in [6, 6.07) is 2.99. The van der Waals surface area contributed by atoms with Crippen LogP contribution in [-0.4, -0.2) is 52.7 Å². The summed E-state index contributed by atoms with van der Waals surface area (Å²) in [7, 11) is -0.749. The molecule has 0 spiro atoms. The molecule has 1 unspecified atom stereocenters. The number of hydrogen-bond acceptors (Lipinski definition) is 5. The summed E-state index contributed by atoms with van der Waals surface area (Å²) in [5.41, 5.74) is -0.614. The van der Waals surface area contributed by atoms with E-state index in [9.17, 15) is 14.3 Å². The first-order valence-corrected chi connectivity index (χ1v) is 9.53. The van der Waals surface area contributed by atoms with Gasteiger partial charge >= 0.3 is 7.12 Å². The minimum absolute atomic E-state index is 0.0317. The van der Waals surface area contributed by atoms with Gasteiger partial charge in [0.25, 0.3) is 5.91 Å². The van der Waals surface area contributed by atoms with E-state index in [0.717, 1.165) is 0 Å². The molecule has 1 saturated heterocycles. The zero-order valence-corrected chi connectivity index (χ0v) is 17.6. The Hall–Kier alpha value is -1.48. The number of carbonyl (C=O) groups excluding carboxylic acids is 1. The van der Waals surface area contributed by atoms with E-state index in [0.29, 0.717) is 11.0 Å². The highest BCUT2D eigenvalue weighted by Crippen LogP contribution is 2.37. The van der Waals surface area contributed by atoms with Crippen molar-refractivity contribution in [3.63, 3.8) is 0 Å². The molecule has 0 aromatic heterocycles. The van der Waals surface area contributed by atoms with Gasteiger partial charge in [0.2, 0.25) is 0 Å². The van der Waals surface area contributed by atoms with Crippen LogP contribution in [0.5, 0.6) is 0 Å². The Morgan fingerprint density at radius 2 is 1.82 bits per heavy atom. The number of β-amino-alcohol motifs (C(OH)–C–C–N with tert-alkyl or cyclic N) is 1. The molecule has 1 aromatic rings. The van der Waals surface area contributed by atoms with Crippen LogP contribution < -0.4 is 5.46 Å². The number of benzene rings is 1. The molecule has 2 aliphatic heterocycles. The van der Waals surface area contributed by atoms with Crippen molar-refractivity contribution < 1.29 is 28.3 Å². The summed E-state index contributed by atoms with van der Waals surface area (Å²) >= 11 is 0. The maximum Gasteiger partial charge on any atom is 0.494 e. The van der Waals surface area contributed by atoms with Crippen molar-refractivity contribution in [3.05, 3.63) is 29.1 Å². The van der Waals surface area contributed by atoms with Crippen LogP contribution in [-0.2, 0) is 20.6 Å². The van der Waals surface area contributed by atoms with Crippen molar-refractivity contribution in [1.29, 1.82) is 0 Å². The fourth-order valence-corrected chi connectivity index (χ4v) is 3.34. The Kier molecular flexibility index (Phi) is 5.16. The number of aliphatic hydroxyl groups is 1. The normalized spacial score (nSPS) is 22.0. The molecular weight excluding hydrogens is 364 g/mol. The second-order valence-corrected chi connectivity index (χ2v) is 9.49. The summed E-state index contributed by atoms with van der Waals surface area (Å²) in [6.07, 6.45) is -1.15. The van der Waals surface area contributed by atoms with E-state index >= 15 is 0 Å². The molecule has 2 heterocycles.